The van der Waals surface area contributed by atoms with Gasteiger partial charge in [-0.25, -0.2) is 4.98 Å². The van der Waals surface area contributed by atoms with Gasteiger partial charge in [0.1, 0.15) is 6.07 Å². The lowest BCUT2D eigenvalue weighted by atomic mass is 10.1. The van der Waals surface area contributed by atoms with Crippen LogP contribution in [0.3, 0.4) is 0 Å². The molecule has 0 bridgehead atoms. The van der Waals surface area contributed by atoms with Gasteiger partial charge in [-0.05, 0) is 13.0 Å². The van der Waals surface area contributed by atoms with Gasteiger partial charge < -0.3 is 16.2 Å². The van der Waals surface area contributed by atoms with Gasteiger partial charge in [0.25, 0.3) is 5.91 Å². The van der Waals surface area contributed by atoms with Crippen molar-refractivity contribution in [3.8, 4) is 6.07 Å². The summed E-state index contributed by atoms with van der Waals surface area (Å²) in [6.45, 7) is 1.17. The average Bonchev–Trinajstić information content (AvgIpc) is 3.00. The fourth-order valence-corrected chi connectivity index (χ4v) is 2.09. The smallest absolute Gasteiger partial charge is 0.378 e. The maximum Gasteiger partial charge on any atom is 0.419 e. The van der Waals surface area contributed by atoms with E-state index in [1.165, 1.54) is 30.1 Å². The Bertz CT molecular complexity index is 854. The van der Waals surface area contributed by atoms with Crippen LogP contribution in [-0.2, 0) is 24.1 Å². The number of aromatic nitrogens is 3. The molecule has 2 aromatic heterocycles. The topological polar surface area (TPSA) is 130 Å². The highest BCUT2D eigenvalue weighted by molar-refractivity contribution is 5.96. The molecule has 0 aliphatic rings. The van der Waals surface area contributed by atoms with E-state index in [-0.39, 0.29) is 18.8 Å². The van der Waals surface area contributed by atoms with Gasteiger partial charge in [0.2, 0.25) is 0 Å². The second-order valence-corrected chi connectivity index (χ2v) is 5.71. The quantitative estimate of drug-likeness (QED) is 0.722. The number of carbonyl (C=O) groups excluding carboxylic acids is 1. The molecule has 26 heavy (non-hydrogen) atoms. The SMILES string of the molecule is C[C@](O)(Cn1cc(CN)cn1)C(=O)Nc1cnc(C#N)c(C(F)(F)F)c1. The Morgan fingerprint density at radius 3 is 2.69 bits per heavy atom. The number of anilines is 1. The van der Waals surface area contributed by atoms with Crippen LogP contribution >= 0.6 is 0 Å². The van der Waals surface area contributed by atoms with Gasteiger partial charge in [0, 0.05) is 18.3 Å². The minimum Gasteiger partial charge on any atom is -0.378 e. The van der Waals surface area contributed by atoms with Crippen molar-refractivity contribution in [3.05, 3.63) is 41.5 Å². The number of hydrogen-bond acceptors (Lipinski definition) is 6. The summed E-state index contributed by atoms with van der Waals surface area (Å²) in [7, 11) is 0. The molecule has 1 atom stereocenters. The summed E-state index contributed by atoms with van der Waals surface area (Å²) in [6, 6.07) is 1.92. The van der Waals surface area contributed by atoms with E-state index in [4.69, 9.17) is 11.0 Å². The summed E-state index contributed by atoms with van der Waals surface area (Å²) in [5, 5.41) is 25.1. The molecule has 8 nitrogen and oxygen atoms in total. The molecule has 0 aliphatic carbocycles. The molecule has 138 valence electrons. The van der Waals surface area contributed by atoms with Crippen LogP contribution in [0.2, 0.25) is 0 Å². The van der Waals surface area contributed by atoms with E-state index in [1.54, 1.807) is 0 Å². The van der Waals surface area contributed by atoms with Crippen molar-refractivity contribution in [1.82, 2.24) is 14.8 Å². The molecule has 2 rings (SSSR count). The Kier molecular flexibility index (Phi) is 5.29. The zero-order chi connectivity index (χ0) is 19.5. The number of amides is 1. The van der Waals surface area contributed by atoms with Crippen molar-refractivity contribution in [1.29, 1.82) is 5.26 Å². The number of alkyl halides is 3. The number of halogens is 3. The molecule has 2 aromatic rings. The number of nitrogens with two attached hydrogens (primary N) is 1. The monoisotopic (exact) mass is 368 g/mol. The minimum atomic E-state index is -4.81. The summed E-state index contributed by atoms with van der Waals surface area (Å²) < 4.78 is 40.1. The van der Waals surface area contributed by atoms with Crippen LogP contribution in [0.25, 0.3) is 0 Å². The van der Waals surface area contributed by atoms with Crippen LogP contribution in [0.4, 0.5) is 18.9 Å². The lowest BCUT2D eigenvalue weighted by Crippen LogP contribution is -2.43. The summed E-state index contributed by atoms with van der Waals surface area (Å²) in [6.07, 6.45) is -0.905. The first-order valence-corrected chi connectivity index (χ1v) is 7.29. The Hall–Kier alpha value is -2.97. The summed E-state index contributed by atoms with van der Waals surface area (Å²) in [4.78, 5) is 15.6. The number of rotatable bonds is 5. The van der Waals surface area contributed by atoms with Gasteiger partial charge in [-0.15, -0.1) is 0 Å². The third-order valence-corrected chi connectivity index (χ3v) is 3.44. The summed E-state index contributed by atoms with van der Waals surface area (Å²) in [5.74, 6) is -0.957. The molecular formula is C15H15F3N6O2. The van der Waals surface area contributed by atoms with Crippen LogP contribution in [0.5, 0.6) is 0 Å². The largest absolute Gasteiger partial charge is 0.419 e. The molecule has 4 N–H and O–H groups in total. The van der Waals surface area contributed by atoms with Crippen LogP contribution in [0.1, 0.15) is 23.7 Å². The maximum atomic E-state index is 12.9. The first-order chi connectivity index (χ1) is 12.1. The molecule has 0 spiro atoms. The molecule has 0 radical (unpaired) electrons. The first-order valence-electron chi connectivity index (χ1n) is 7.29. The third-order valence-electron chi connectivity index (χ3n) is 3.44. The second-order valence-electron chi connectivity index (χ2n) is 5.71. The van der Waals surface area contributed by atoms with Crippen molar-refractivity contribution in [2.24, 2.45) is 5.73 Å². The molecule has 0 aliphatic heterocycles. The molecular weight excluding hydrogens is 353 g/mol. The zero-order valence-electron chi connectivity index (χ0n) is 13.6. The highest BCUT2D eigenvalue weighted by Gasteiger charge is 2.36. The van der Waals surface area contributed by atoms with E-state index in [2.05, 4.69) is 15.4 Å². The predicted octanol–water partition coefficient (Wildman–Crippen LogP) is 1.02. The number of aliphatic hydroxyl groups is 1. The van der Waals surface area contributed by atoms with Crippen molar-refractivity contribution < 1.29 is 23.1 Å². The summed E-state index contributed by atoms with van der Waals surface area (Å²) in [5.41, 5.74) is 1.77. The van der Waals surface area contributed by atoms with E-state index in [1.807, 2.05) is 0 Å². The molecule has 1 amide bonds. The zero-order valence-corrected chi connectivity index (χ0v) is 13.6. The molecule has 0 aromatic carbocycles. The van der Waals surface area contributed by atoms with Crippen LogP contribution in [0, 0.1) is 11.3 Å². The van der Waals surface area contributed by atoms with Gasteiger partial charge in [0.15, 0.2) is 11.3 Å². The van der Waals surface area contributed by atoms with Gasteiger partial charge in [-0.2, -0.15) is 23.5 Å². The second kappa shape index (κ2) is 7.11. The van der Waals surface area contributed by atoms with Gasteiger partial charge in [-0.1, -0.05) is 0 Å². The van der Waals surface area contributed by atoms with Crippen LogP contribution < -0.4 is 11.1 Å². The number of carbonyl (C=O) groups is 1. The molecule has 0 unspecified atom stereocenters. The van der Waals surface area contributed by atoms with Crippen LogP contribution in [-0.4, -0.2) is 31.4 Å². The number of nitriles is 1. The van der Waals surface area contributed by atoms with Crippen molar-refractivity contribution in [2.75, 3.05) is 5.32 Å². The lowest BCUT2D eigenvalue weighted by molar-refractivity contribution is -0.138. The maximum absolute atomic E-state index is 12.9. The molecule has 0 saturated heterocycles. The average molecular weight is 368 g/mol. The number of hydrogen-bond donors (Lipinski definition) is 3. The van der Waals surface area contributed by atoms with E-state index >= 15 is 0 Å². The van der Waals surface area contributed by atoms with E-state index in [0.717, 1.165) is 6.20 Å². The van der Waals surface area contributed by atoms with Gasteiger partial charge in [0.05, 0.1) is 30.2 Å². The van der Waals surface area contributed by atoms with Crippen molar-refractivity contribution in [3.63, 3.8) is 0 Å². The molecule has 0 fully saturated rings. The van der Waals surface area contributed by atoms with E-state index < -0.39 is 28.9 Å². The highest BCUT2D eigenvalue weighted by Crippen LogP contribution is 2.32. The van der Waals surface area contributed by atoms with Crippen LogP contribution in [0.15, 0.2) is 24.7 Å². The third kappa shape index (κ3) is 4.35. The van der Waals surface area contributed by atoms with Gasteiger partial charge >= 0.3 is 6.18 Å². The number of pyridine rings is 1. The standard InChI is InChI=1S/C15H15F3N6O2/c1-14(26,8-24-7-9(3-19)5-22-24)13(25)23-10-2-11(15(16,17)18)12(4-20)21-6-10/h2,5-7,26H,3,8,19H2,1H3,(H,23,25)/t14-/m0/s1. The lowest BCUT2D eigenvalue weighted by Gasteiger charge is -2.22. The fraction of sp³-hybridized carbons (Fsp3) is 0.333. The molecule has 2 heterocycles. The number of nitrogens with one attached hydrogen (secondary N) is 1. The number of nitrogens with zero attached hydrogens (tertiary/aromatic N) is 4. The molecule has 11 heteroatoms. The van der Waals surface area contributed by atoms with Gasteiger partial charge in [-0.3, -0.25) is 9.48 Å². The van der Waals surface area contributed by atoms with E-state index in [9.17, 15) is 23.1 Å². The van der Waals surface area contributed by atoms with Crippen molar-refractivity contribution >= 4 is 11.6 Å². The normalized spacial score (nSPS) is 13.7. The minimum absolute atomic E-state index is 0.228. The Balaban J connectivity index is 2.19. The Morgan fingerprint density at radius 2 is 2.15 bits per heavy atom. The summed E-state index contributed by atoms with van der Waals surface area (Å²) >= 11 is 0. The highest BCUT2D eigenvalue weighted by atomic mass is 19.4. The first kappa shape index (κ1) is 19.4. The fourth-order valence-electron chi connectivity index (χ4n) is 2.09. The Morgan fingerprint density at radius 1 is 1.46 bits per heavy atom. The predicted molar refractivity (Wildman–Crippen MR) is 83.3 cm³/mol. The van der Waals surface area contributed by atoms with E-state index in [0.29, 0.717) is 11.6 Å². The van der Waals surface area contributed by atoms with Crippen molar-refractivity contribution in [2.45, 2.75) is 31.8 Å². The Labute approximate surface area is 146 Å². The molecule has 0 saturated carbocycles.